The molecule has 1 nitrogen and oxygen atoms in total. The Kier molecular flexibility index (Phi) is 1.47. The third-order valence-electron chi connectivity index (χ3n) is 1.38. The van der Waals surface area contributed by atoms with E-state index < -0.39 is 0 Å². The first-order valence-electron chi connectivity index (χ1n) is 2.78. The Hall–Kier alpha value is -0.300. The van der Waals surface area contributed by atoms with Gasteiger partial charge in [-0.1, -0.05) is 11.6 Å². The highest BCUT2D eigenvalue weighted by Gasteiger charge is 2.01. The molecule has 0 atom stereocenters. The number of rotatable bonds is 0. The average Bonchev–Trinajstić information content (AvgIpc) is 2.14. The van der Waals surface area contributed by atoms with Crippen molar-refractivity contribution in [3.8, 4) is 0 Å². The molecule has 0 aromatic rings. The topological polar surface area (TPSA) is 12.0 Å². The number of allylic oxidation sites excluding steroid dienone is 1. The van der Waals surface area contributed by atoms with Crippen molar-refractivity contribution in [2.45, 2.75) is 13.3 Å². The second kappa shape index (κ2) is 2.12. The summed E-state index contributed by atoms with van der Waals surface area (Å²) in [6, 6.07) is 0. The Morgan fingerprint density at radius 2 is 2.57 bits per heavy atom. The van der Waals surface area contributed by atoms with Crippen molar-refractivity contribution in [1.29, 1.82) is 0 Å². The fourth-order valence-corrected chi connectivity index (χ4v) is 0.833. The van der Waals surface area contributed by atoms with Crippen molar-refractivity contribution in [2.75, 3.05) is 13.1 Å². The van der Waals surface area contributed by atoms with Crippen molar-refractivity contribution >= 4 is 0 Å². The number of hydrogen-bond donors (Lipinski definition) is 1. The van der Waals surface area contributed by atoms with Crippen LogP contribution in [0.1, 0.15) is 13.3 Å². The van der Waals surface area contributed by atoms with E-state index in [1.165, 1.54) is 13.0 Å². The largest absolute Gasteiger partial charge is 0.313 e. The molecule has 1 N–H and O–H groups in total. The van der Waals surface area contributed by atoms with Crippen LogP contribution in [0.5, 0.6) is 0 Å². The zero-order valence-corrected chi connectivity index (χ0v) is 4.70. The lowest BCUT2D eigenvalue weighted by Crippen LogP contribution is -2.04. The Morgan fingerprint density at radius 3 is 2.86 bits per heavy atom. The van der Waals surface area contributed by atoms with Gasteiger partial charge in [-0.25, -0.2) is 0 Å². The van der Waals surface area contributed by atoms with E-state index in [-0.39, 0.29) is 0 Å². The first kappa shape index (κ1) is 4.85. The molecule has 0 radical (unpaired) electrons. The Labute approximate surface area is 44.4 Å². The number of hydrogen-bond acceptors (Lipinski definition) is 1. The van der Waals surface area contributed by atoms with Crippen LogP contribution in [0.15, 0.2) is 11.6 Å². The van der Waals surface area contributed by atoms with Gasteiger partial charge in [0, 0.05) is 6.54 Å². The molecule has 1 aliphatic rings. The van der Waals surface area contributed by atoms with Crippen LogP contribution in [0.4, 0.5) is 0 Å². The van der Waals surface area contributed by atoms with Gasteiger partial charge in [-0.2, -0.15) is 0 Å². The average molecular weight is 97.2 g/mol. The van der Waals surface area contributed by atoms with E-state index in [0.717, 1.165) is 6.54 Å². The second-order valence-electron chi connectivity index (χ2n) is 1.87. The molecule has 7 heavy (non-hydrogen) atoms. The van der Waals surface area contributed by atoms with Crippen LogP contribution in [0, 0.1) is 0 Å². The van der Waals surface area contributed by atoms with Gasteiger partial charge in [-0.3, -0.25) is 0 Å². The summed E-state index contributed by atoms with van der Waals surface area (Å²) < 4.78 is 0. The highest BCUT2D eigenvalue weighted by molar-refractivity contribution is 5.06. The Morgan fingerprint density at radius 1 is 1.71 bits per heavy atom. The summed E-state index contributed by atoms with van der Waals surface area (Å²) >= 11 is 0. The van der Waals surface area contributed by atoms with Crippen molar-refractivity contribution < 1.29 is 0 Å². The fraction of sp³-hybridized carbons (Fsp3) is 0.667. The molecular weight excluding hydrogens is 86.1 g/mol. The summed E-state index contributed by atoms with van der Waals surface area (Å²) in [5.41, 5.74) is 1.56. The minimum absolute atomic E-state index is 1.12. The molecule has 1 heterocycles. The van der Waals surface area contributed by atoms with E-state index in [2.05, 4.69) is 18.3 Å². The summed E-state index contributed by atoms with van der Waals surface area (Å²) in [6.45, 7) is 4.40. The van der Waals surface area contributed by atoms with E-state index >= 15 is 0 Å². The van der Waals surface area contributed by atoms with Crippen LogP contribution in [0.25, 0.3) is 0 Å². The predicted octanol–water partition coefficient (Wildman–Crippen LogP) is 0.926. The fourth-order valence-electron chi connectivity index (χ4n) is 0.833. The molecule has 1 heteroatoms. The van der Waals surface area contributed by atoms with Crippen LogP contribution in [-0.2, 0) is 0 Å². The maximum atomic E-state index is 3.25. The molecule has 1 rings (SSSR count). The van der Waals surface area contributed by atoms with Gasteiger partial charge in [0.2, 0.25) is 0 Å². The molecule has 0 bridgehead atoms. The van der Waals surface area contributed by atoms with Gasteiger partial charge in [0.25, 0.3) is 0 Å². The summed E-state index contributed by atoms with van der Waals surface area (Å²) in [5.74, 6) is 0. The van der Waals surface area contributed by atoms with Gasteiger partial charge in [0.15, 0.2) is 0 Å². The number of nitrogens with one attached hydrogen (secondary N) is 1. The SMILES string of the molecule is C/C=C1/CCNC1. The quantitative estimate of drug-likeness (QED) is 0.443. The molecule has 0 aromatic carbocycles. The van der Waals surface area contributed by atoms with Gasteiger partial charge in [0.05, 0.1) is 0 Å². The van der Waals surface area contributed by atoms with Crippen LogP contribution >= 0.6 is 0 Å². The van der Waals surface area contributed by atoms with E-state index in [1.807, 2.05) is 0 Å². The first-order valence-corrected chi connectivity index (χ1v) is 2.78. The molecule has 1 aliphatic heterocycles. The monoisotopic (exact) mass is 97.1 g/mol. The van der Waals surface area contributed by atoms with Gasteiger partial charge in [-0.15, -0.1) is 0 Å². The summed E-state index contributed by atoms with van der Waals surface area (Å²) in [5, 5.41) is 3.25. The molecule has 0 spiro atoms. The molecule has 0 unspecified atom stereocenters. The molecular formula is C6H11N. The van der Waals surface area contributed by atoms with Gasteiger partial charge in [-0.05, 0) is 19.9 Å². The van der Waals surface area contributed by atoms with Crippen molar-refractivity contribution in [3.63, 3.8) is 0 Å². The third-order valence-corrected chi connectivity index (χ3v) is 1.38. The van der Waals surface area contributed by atoms with Crippen LogP contribution in [0.3, 0.4) is 0 Å². The highest BCUT2D eigenvalue weighted by Crippen LogP contribution is 2.03. The molecule has 0 aliphatic carbocycles. The first-order chi connectivity index (χ1) is 3.43. The highest BCUT2D eigenvalue weighted by atomic mass is 14.9. The molecule has 0 aromatic heterocycles. The normalized spacial score (nSPS) is 26.7. The lowest BCUT2D eigenvalue weighted by Gasteiger charge is -1.85. The summed E-state index contributed by atoms with van der Waals surface area (Å²) in [4.78, 5) is 0. The van der Waals surface area contributed by atoms with Gasteiger partial charge >= 0.3 is 0 Å². The molecule has 0 amide bonds. The Balaban J connectivity index is 2.41. The molecule has 0 saturated carbocycles. The lowest BCUT2D eigenvalue weighted by atomic mass is 10.2. The van der Waals surface area contributed by atoms with Crippen LogP contribution in [-0.4, -0.2) is 13.1 Å². The smallest absolute Gasteiger partial charge is 0.0165 e. The van der Waals surface area contributed by atoms with E-state index in [4.69, 9.17) is 0 Å². The van der Waals surface area contributed by atoms with Gasteiger partial charge in [0.1, 0.15) is 0 Å². The summed E-state index contributed by atoms with van der Waals surface area (Å²) in [7, 11) is 0. The summed E-state index contributed by atoms with van der Waals surface area (Å²) in [6.07, 6.45) is 3.45. The molecule has 1 saturated heterocycles. The van der Waals surface area contributed by atoms with E-state index in [0.29, 0.717) is 0 Å². The van der Waals surface area contributed by atoms with Crippen molar-refractivity contribution in [1.82, 2.24) is 5.32 Å². The zero-order valence-electron chi connectivity index (χ0n) is 4.70. The molecule has 40 valence electrons. The second-order valence-corrected chi connectivity index (χ2v) is 1.87. The lowest BCUT2D eigenvalue weighted by molar-refractivity contribution is 0.862. The van der Waals surface area contributed by atoms with E-state index in [9.17, 15) is 0 Å². The van der Waals surface area contributed by atoms with Crippen LogP contribution < -0.4 is 5.32 Å². The van der Waals surface area contributed by atoms with Crippen molar-refractivity contribution in [2.24, 2.45) is 0 Å². The van der Waals surface area contributed by atoms with Crippen molar-refractivity contribution in [3.05, 3.63) is 11.6 Å². The third kappa shape index (κ3) is 1.03. The van der Waals surface area contributed by atoms with Gasteiger partial charge < -0.3 is 5.32 Å². The minimum atomic E-state index is 1.12. The predicted molar refractivity (Wildman–Crippen MR) is 31.2 cm³/mol. The molecule has 1 fully saturated rings. The van der Waals surface area contributed by atoms with Crippen LogP contribution in [0.2, 0.25) is 0 Å². The zero-order chi connectivity index (χ0) is 5.11. The van der Waals surface area contributed by atoms with E-state index in [1.54, 1.807) is 5.57 Å². The standard InChI is InChI=1S/C6H11N/c1-2-6-3-4-7-5-6/h2,7H,3-5H2,1H3/b6-2-. The minimum Gasteiger partial charge on any atom is -0.313 e. The maximum absolute atomic E-state index is 3.25. The maximum Gasteiger partial charge on any atom is 0.0165 e. The Bertz CT molecular complexity index is 76.2.